The summed E-state index contributed by atoms with van der Waals surface area (Å²) in [5.41, 5.74) is -0.435. The molecule has 0 radical (unpaired) electrons. The maximum Gasteiger partial charge on any atom is 0.246 e. The molecule has 1 unspecified atom stereocenters. The molecule has 4 nitrogen and oxygen atoms in total. The molecule has 1 aliphatic rings. The van der Waals surface area contributed by atoms with Gasteiger partial charge in [0, 0.05) is 24.3 Å². The minimum Gasteiger partial charge on any atom is -0.341 e. The molecule has 2 amide bonds. The zero-order chi connectivity index (χ0) is 16.9. The summed E-state index contributed by atoms with van der Waals surface area (Å²) < 4.78 is 0. The van der Waals surface area contributed by atoms with Gasteiger partial charge < -0.3 is 9.80 Å². The molecule has 0 aliphatic carbocycles. The highest BCUT2D eigenvalue weighted by Crippen LogP contribution is 2.28. The molecule has 0 bridgehead atoms. The van der Waals surface area contributed by atoms with Crippen LogP contribution < -0.4 is 0 Å². The van der Waals surface area contributed by atoms with Crippen LogP contribution in [0.25, 0.3) is 0 Å². The van der Waals surface area contributed by atoms with Gasteiger partial charge in [-0.05, 0) is 12.8 Å². The second kappa shape index (κ2) is 8.23. The van der Waals surface area contributed by atoms with Crippen molar-refractivity contribution in [1.82, 2.24) is 9.80 Å². The summed E-state index contributed by atoms with van der Waals surface area (Å²) in [6, 6.07) is -0.286. The third kappa shape index (κ3) is 4.64. The number of carbonyl (C=O) groups excluding carboxylic acids is 2. The Balaban J connectivity index is 2.82. The Labute approximate surface area is 140 Å². The highest BCUT2D eigenvalue weighted by atomic mass is 32.2. The molecule has 0 N–H and O–H groups in total. The molecule has 128 valence electrons. The maximum atomic E-state index is 12.9. The first-order valence-corrected chi connectivity index (χ1v) is 9.59. The molecular weight excluding hydrogens is 296 g/mol. The van der Waals surface area contributed by atoms with E-state index in [9.17, 15) is 9.59 Å². The normalized spacial score (nSPS) is 18.9. The van der Waals surface area contributed by atoms with E-state index in [0.29, 0.717) is 18.3 Å². The van der Waals surface area contributed by atoms with Gasteiger partial charge in [-0.25, -0.2) is 0 Å². The summed E-state index contributed by atoms with van der Waals surface area (Å²) in [6.07, 6.45) is 2.18. The molecule has 0 aromatic rings. The van der Waals surface area contributed by atoms with Crippen LogP contribution in [0.2, 0.25) is 0 Å². The lowest BCUT2D eigenvalue weighted by Crippen LogP contribution is -2.52. The molecule has 1 saturated heterocycles. The third-order valence-corrected chi connectivity index (χ3v) is 5.41. The highest BCUT2D eigenvalue weighted by molar-refractivity contribution is 7.99. The molecule has 1 heterocycles. The Morgan fingerprint density at radius 1 is 1.23 bits per heavy atom. The van der Waals surface area contributed by atoms with Crippen LogP contribution in [-0.4, -0.2) is 52.4 Å². The number of likely N-dealkylation sites (N-methyl/N-ethyl adjacent to an activating group) is 1. The fourth-order valence-corrected chi connectivity index (χ4v) is 3.87. The first-order valence-electron chi connectivity index (χ1n) is 8.43. The van der Waals surface area contributed by atoms with Crippen LogP contribution in [0, 0.1) is 11.3 Å². The first-order chi connectivity index (χ1) is 10.3. The monoisotopic (exact) mass is 328 g/mol. The molecule has 1 rings (SSSR count). The van der Waals surface area contributed by atoms with Gasteiger partial charge >= 0.3 is 0 Å². The second-order valence-electron chi connectivity index (χ2n) is 7.10. The van der Waals surface area contributed by atoms with Crippen molar-refractivity contribution >= 4 is 23.6 Å². The van der Waals surface area contributed by atoms with Crippen LogP contribution in [0.1, 0.15) is 54.4 Å². The number of amides is 2. The van der Waals surface area contributed by atoms with Crippen molar-refractivity contribution < 1.29 is 9.59 Å². The molecule has 1 fully saturated rings. The van der Waals surface area contributed by atoms with Crippen molar-refractivity contribution in [3.8, 4) is 0 Å². The van der Waals surface area contributed by atoms with Crippen molar-refractivity contribution in [3.05, 3.63) is 0 Å². The number of carbonyl (C=O) groups is 2. The van der Waals surface area contributed by atoms with Gasteiger partial charge in [0.1, 0.15) is 6.04 Å². The summed E-state index contributed by atoms with van der Waals surface area (Å²) >= 11 is 1.68. The molecule has 1 atom stereocenters. The van der Waals surface area contributed by atoms with E-state index in [-0.39, 0.29) is 17.9 Å². The minimum absolute atomic E-state index is 0.0782. The molecule has 0 saturated carbocycles. The lowest BCUT2D eigenvalue weighted by molar-refractivity contribution is -0.148. The zero-order valence-corrected chi connectivity index (χ0v) is 15.8. The average Bonchev–Trinajstić information content (AvgIpc) is 2.95. The number of rotatable bonds is 6. The van der Waals surface area contributed by atoms with Gasteiger partial charge in [-0.15, -0.1) is 11.8 Å². The van der Waals surface area contributed by atoms with E-state index in [1.807, 2.05) is 32.6 Å². The van der Waals surface area contributed by atoms with Gasteiger partial charge in [0.25, 0.3) is 0 Å². The van der Waals surface area contributed by atoms with Gasteiger partial charge in [-0.3, -0.25) is 9.59 Å². The van der Waals surface area contributed by atoms with E-state index in [0.717, 1.165) is 25.1 Å². The van der Waals surface area contributed by atoms with Crippen LogP contribution in [0.15, 0.2) is 0 Å². The summed E-state index contributed by atoms with van der Waals surface area (Å²) in [5, 5.41) is 0. The predicted molar refractivity (Wildman–Crippen MR) is 93.7 cm³/mol. The van der Waals surface area contributed by atoms with Crippen molar-refractivity contribution in [1.29, 1.82) is 0 Å². The predicted octanol–water partition coefficient (Wildman–Crippen LogP) is 3.22. The standard InChI is InChI=1S/C17H32N2O2S/c1-7-13(8-2)10-18(9-3)15(20)14-11-22-12-19(14)16(21)17(4,5)6/h13-14H,7-12H2,1-6H3. The van der Waals surface area contributed by atoms with Gasteiger partial charge in [0.05, 0.1) is 5.88 Å². The SMILES string of the molecule is CCC(CC)CN(CC)C(=O)C1CSCN1C(=O)C(C)(C)C. The fourth-order valence-electron chi connectivity index (χ4n) is 2.72. The van der Waals surface area contributed by atoms with E-state index in [2.05, 4.69) is 13.8 Å². The summed E-state index contributed by atoms with van der Waals surface area (Å²) in [7, 11) is 0. The van der Waals surface area contributed by atoms with E-state index in [1.54, 1.807) is 16.7 Å². The number of hydrogen-bond donors (Lipinski definition) is 0. The van der Waals surface area contributed by atoms with Crippen molar-refractivity contribution in [3.63, 3.8) is 0 Å². The van der Waals surface area contributed by atoms with E-state index >= 15 is 0 Å². The van der Waals surface area contributed by atoms with Gasteiger partial charge in [-0.2, -0.15) is 0 Å². The van der Waals surface area contributed by atoms with Crippen LogP contribution in [-0.2, 0) is 9.59 Å². The molecule has 0 aromatic heterocycles. The maximum absolute atomic E-state index is 12.9. The number of hydrogen-bond acceptors (Lipinski definition) is 3. The summed E-state index contributed by atoms with van der Waals surface area (Å²) in [4.78, 5) is 29.2. The molecule has 5 heteroatoms. The van der Waals surface area contributed by atoms with E-state index in [1.165, 1.54) is 0 Å². The number of nitrogens with zero attached hydrogens (tertiary/aromatic N) is 2. The molecule has 1 aliphatic heterocycles. The van der Waals surface area contributed by atoms with Crippen LogP contribution in [0.5, 0.6) is 0 Å². The smallest absolute Gasteiger partial charge is 0.246 e. The highest BCUT2D eigenvalue weighted by Gasteiger charge is 2.40. The Morgan fingerprint density at radius 2 is 1.82 bits per heavy atom. The summed E-state index contributed by atoms with van der Waals surface area (Å²) in [6.45, 7) is 13.7. The van der Waals surface area contributed by atoms with Crippen molar-refractivity contribution in [2.45, 2.75) is 60.4 Å². The van der Waals surface area contributed by atoms with Crippen molar-refractivity contribution in [2.24, 2.45) is 11.3 Å². The largest absolute Gasteiger partial charge is 0.341 e. The van der Waals surface area contributed by atoms with Gasteiger partial charge in [-0.1, -0.05) is 47.5 Å². The topological polar surface area (TPSA) is 40.6 Å². The quantitative estimate of drug-likeness (QED) is 0.752. The molecule has 22 heavy (non-hydrogen) atoms. The lowest BCUT2D eigenvalue weighted by Gasteiger charge is -2.33. The van der Waals surface area contributed by atoms with Crippen molar-refractivity contribution in [2.75, 3.05) is 24.7 Å². The third-order valence-electron chi connectivity index (χ3n) is 4.40. The Morgan fingerprint density at radius 3 is 2.27 bits per heavy atom. The Bertz CT molecular complexity index is 389. The van der Waals surface area contributed by atoms with E-state index in [4.69, 9.17) is 0 Å². The average molecular weight is 329 g/mol. The van der Waals surface area contributed by atoms with Crippen LogP contribution in [0.3, 0.4) is 0 Å². The van der Waals surface area contributed by atoms with E-state index < -0.39 is 5.41 Å². The molecule has 0 spiro atoms. The number of thioether (sulfide) groups is 1. The van der Waals surface area contributed by atoms with Gasteiger partial charge in [0.2, 0.25) is 11.8 Å². The summed E-state index contributed by atoms with van der Waals surface area (Å²) in [5.74, 6) is 2.10. The zero-order valence-electron chi connectivity index (χ0n) is 15.0. The molecule has 0 aromatic carbocycles. The van der Waals surface area contributed by atoms with Crippen LogP contribution in [0.4, 0.5) is 0 Å². The van der Waals surface area contributed by atoms with Crippen LogP contribution >= 0.6 is 11.8 Å². The lowest BCUT2D eigenvalue weighted by atomic mass is 9.94. The first kappa shape index (κ1) is 19.3. The molecular formula is C17H32N2O2S. The second-order valence-corrected chi connectivity index (χ2v) is 8.10. The Kier molecular flexibility index (Phi) is 7.23. The van der Waals surface area contributed by atoms with Gasteiger partial charge in [0.15, 0.2) is 0 Å². The fraction of sp³-hybridized carbons (Fsp3) is 0.882. The Hall–Kier alpha value is -0.710. The minimum atomic E-state index is -0.435.